The Morgan fingerprint density at radius 1 is 1.12 bits per heavy atom. The van der Waals surface area contributed by atoms with Crippen LogP contribution >= 0.6 is 23.4 Å². The van der Waals surface area contributed by atoms with Crippen LogP contribution in [0.3, 0.4) is 0 Å². The summed E-state index contributed by atoms with van der Waals surface area (Å²) in [6.07, 6.45) is 1.48. The Kier molecular flexibility index (Phi) is 7.55. The number of carbonyl (C=O) groups excluding carboxylic acids is 4. The normalized spacial score (nSPS) is 14.6. The van der Waals surface area contributed by atoms with Crippen molar-refractivity contribution in [2.75, 3.05) is 20.3 Å². The van der Waals surface area contributed by atoms with Gasteiger partial charge in [-0.3, -0.25) is 19.3 Å². The Bertz CT molecular complexity index is 1120. The SMILES string of the molecule is CCOC(=O)CN1C(=O)S/C(=C\c2ccc(OC(=O)c3ccccc3Cl)c(OC)c2)C1=O. The van der Waals surface area contributed by atoms with Crippen molar-refractivity contribution < 1.29 is 33.4 Å². The van der Waals surface area contributed by atoms with Crippen LogP contribution in [0.4, 0.5) is 4.79 Å². The molecule has 0 N–H and O–H groups in total. The number of esters is 2. The molecule has 0 spiro atoms. The van der Waals surface area contributed by atoms with Crippen molar-refractivity contribution in [3.63, 3.8) is 0 Å². The molecule has 166 valence electrons. The fraction of sp³-hybridized carbons (Fsp3) is 0.182. The molecule has 0 aromatic heterocycles. The van der Waals surface area contributed by atoms with Gasteiger partial charge < -0.3 is 14.2 Å². The second-order valence-electron chi connectivity index (χ2n) is 6.35. The largest absolute Gasteiger partial charge is 0.493 e. The highest BCUT2D eigenvalue weighted by Crippen LogP contribution is 2.35. The van der Waals surface area contributed by atoms with Crippen molar-refractivity contribution in [2.45, 2.75) is 6.92 Å². The van der Waals surface area contributed by atoms with Gasteiger partial charge in [-0.05, 0) is 54.6 Å². The van der Waals surface area contributed by atoms with Gasteiger partial charge in [0.15, 0.2) is 11.5 Å². The van der Waals surface area contributed by atoms with Crippen LogP contribution in [0.2, 0.25) is 5.02 Å². The lowest BCUT2D eigenvalue weighted by Gasteiger charge is -2.11. The Hall–Kier alpha value is -3.30. The first-order valence-electron chi connectivity index (χ1n) is 9.39. The van der Waals surface area contributed by atoms with Crippen LogP contribution in [0.5, 0.6) is 11.5 Å². The van der Waals surface area contributed by atoms with Gasteiger partial charge in [0.1, 0.15) is 6.54 Å². The summed E-state index contributed by atoms with van der Waals surface area (Å²) >= 11 is 6.74. The monoisotopic (exact) mass is 475 g/mol. The van der Waals surface area contributed by atoms with Gasteiger partial charge in [0, 0.05) is 0 Å². The molecule has 1 heterocycles. The Labute approximate surface area is 193 Å². The number of hydrogen-bond acceptors (Lipinski definition) is 8. The molecule has 0 bridgehead atoms. The van der Waals surface area contributed by atoms with E-state index in [1.807, 2.05) is 0 Å². The standard InChI is InChI=1S/C22H18ClNO7S/c1-3-30-19(25)12-24-20(26)18(32-22(24)28)11-13-8-9-16(17(10-13)29-2)31-21(27)14-6-4-5-7-15(14)23/h4-11H,3,12H2,1-2H3/b18-11-. The molecule has 2 aromatic carbocycles. The van der Waals surface area contributed by atoms with Gasteiger partial charge in [-0.2, -0.15) is 0 Å². The number of hydrogen-bond donors (Lipinski definition) is 0. The zero-order valence-corrected chi connectivity index (χ0v) is 18.7. The zero-order chi connectivity index (χ0) is 23.3. The summed E-state index contributed by atoms with van der Waals surface area (Å²) in [4.78, 5) is 49.6. The Balaban J connectivity index is 1.78. The van der Waals surface area contributed by atoms with E-state index in [1.54, 1.807) is 37.3 Å². The molecule has 8 nitrogen and oxygen atoms in total. The van der Waals surface area contributed by atoms with Crippen LogP contribution in [-0.4, -0.2) is 48.2 Å². The van der Waals surface area contributed by atoms with E-state index in [0.717, 1.165) is 4.90 Å². The zero-order valence-electron chi connectivity index (χ0n) is 17.1. The summed E-state index contributed by atoms with van der Waals surface area (Å²) < 4.78 is 15.5. The smallest absolute Gasteiger partial charge is 0.345 e. The van der Waals surface area contributed by atoms with Crippen LogP contribution in [0.25, 0.3) is 6.08 Å². The third-order valence-corrected chi connectivity index (χ3v) is 5.48. The van der Waals surface area contributed by atoms with Crippen LogP contribution < -0.4 is 9.47 Å². The summed E-state index contributed by atoms with van der Waals surface area (Å²) in [5, 5.41) is -0.307. The van der Waals surface area contributed by atoms with E-state index in [2.05, 4.69) is 0 Å². The fourth-order valence-corrected chi connectivity index (χ4v) is 3.81. The minimum atomic E-state index is -0.664. The van der Waals surface area contributed by atoms with E-state index in [1.165, 1.54) is 25.3 Å². The molecule has 0 aliphatic carbocycles. The van der Waals surface area contributed by atoms with Crippen molar-refractivity contribution in [3.8, 4) is 11.5 Å². The Morgan fingerprint density at radius 3 is 2.56 bits per heavy atom. The number of imide groups is 1. The number of benzene rings is 2. The van der Waals surface area contributed by atoms with Gasteiger partial charge in [0.25, 0.3) is 11.1 Å². The lowest BCUT2D eigenvalue weighted by atomic mass is 10.1. The van der Waals surface area contributed by atoms with Gasteiger partial charge in [0.05, 0.1) is 29.2 Å². The van der Waals surface area contributed by atoms with Crippen LogP contribution in [0, 0.1) is 0 Å². The highest BCUT2D eigenvalue weighted by Gasteiger charge is 2.36. The molecule has 0 saturated carbocycles. The average Bonchev–Trinajstić information content (AvgIpc) is 3.02. The lowest BCUT2D eigenvalue weighted by Crippen LogP contribution is -2.34. The third kappa shape index (κ3) is 5.30. The fourth-order valence-electron chi connectivity index (χ4n) is 2.76. The molecule has 1 aliphatic heterocycles. The molecule has 1 fully saturated rings. The molecular weight excluding hydrogens is 458 g/mol. The third-order valence-electron chi connectivity index (χ3n) is 4.25. The van der Waals surface area contributed by atoms with Crippen molar-refractivity contribution >= 4 is 52.5 Å². The number of methoxy groups -OCH3 is 1. The van der Waals surface area contributed by atoms with E-state index in [9.17, 15) is 19.2 Å². The number of nitrogens with zero attached hydrogens (tertiary/aromatic N) is 1. The summed E-state index contributed by atoms with van der Waals surface area (Å²) in [6, 6.07) is 11.1. The second-order valence-corrected chi connectivity index (χ2v) is 7.75. The maximum absolute atomic E-state index is 12.5. The summed E-state index contributed by atoms with van der Waals surface area (Å²) in [5.74, 6) is -1.51. The first-order valence-corrected chi connectivity index (χ1v) is 10.6. The van der Waals surface area contributed by atoms with Gasteiger partial charge in [0.2, 0.25) is 0 Å². The average molecular weight is 476 g/mol. The molecule has 2 amide bonds. The molecule has 1 aliphatic rings. The molecule has 0 radical (unpaired) electrons. The second kappa shape index (κ2) is 10.3. The van der Waals surface area contributed by atoms with Crippen molar-refractivity contribution in [1.29, 1.82) is 0 Å². The van der Waals surface area contributed by atoms with E-state index < -0.39 is 29.6 Å². The van der Waals surface area contributed by atoms with Gasteiger partial charge in [-0.1, -0.05) is 29.8 Å². The minimum absolute atomic E-state index is 0.141. The highest BCUT2D eigenvalue weighted by molar-refractivity contribution is 8.18. The predicted molar refractivity (Wildman–Crippen MR) is 119 cm³/mol. The van der Waals surface area contributed by atoms with Gasteiger partial charge in [-0.25, -0.2) is 4.79 Å². The van der Waals surface area contributed by atoms with Crippen LogP contribution in [0.1, 0.15) is 22.8 Å². The number of ether oxygens (including phenoxy) is 3. The molecule has 32 heavy (non-hydrogen) atoms. The molecule has 10 heteroatoms. The van der Waals surface area contributed by atoms with E-state index in [0.29, 0.717) is 17.3 Å². The molecule has 1 saturated heterocycles. The number of carbonyl (C=O) groups is 4. The maximum atomic E-state index is 12.5. The number of amides is 2. The first kappa shape index (κ1) is 23.4. The summed E-state index contributed by atoms with van der Waals surface area (Å²) in [7, 11) is 1.40. The molecule has 2 aromatic rings. The van der Waals surface area contributed by atoms with Crippen LogP contribution in [0.15, 0.2) is 47.4 Å². The van der Waals surface area contributed by atoms with E-state index >= 15 is 0 Å². The lowest BCUT2D eigenvalue weighted by molar-refractivity contribution is -0.145. The molecular formula is C22H18ClNO7S. The quantitative estimate of drug-likeness (QED) is 0.334. The molecule has 0 atom stereocenters. The highest BCUT2D eigenvalue weighted by atomic mass is 35.5. The topological polar surface area (TPSA) is 99.2 Å². The number of rotatable bonds is 7. The van der Waals surface area contributed by atoms with Crippen LogP contribution in [-0.2, 0) is 14.3 Å². The minimum Gasteiger partial charge on any atom is -0.493 e. The van der Waals surface area contributed by atoms with Gasteiger partial charge in [-0.15, -0.1) is 0 Å². The Morgan fingerprint density at radius 2 is 1.88 bits per heavy atom. The number of halogens is 1. The van der Waals surface area contributed by atoms with Crippen molar-refractivity contribution in [2.24, 2.45) is 0 Å². The van der Waals surface area contributed by atoms with E-state index in [4.69, 9.17) is 25.8 Å². The predicted octanol–water partition coefficient (Wildman–Crippen LogP) is 4.17. The summed E-state index contributed by atoms with van der Waals surface area (Å²) in [5.41, 5.74) is 0.733. The number of thioether (sulfide) groups is 1. The summed E-state index contributed by atoms with van der Waals surface area (Å²) in [6.45, 7) is 1.34. The van der Waals surface area contributed by atoms with Crippen molar-refractivity contribution in [3.05, 3.63) is 63.5 Å². The van der Waals surface area contributed by atoms with Crippen molar-refractivity contribution in [1.82, 2.24) is 4.90 Å². The molecule has 0 unspecified atom stereocenters. The molecule has 3 rings (SSSR count). The maximum Gasteiger partial charge on any atom is 0.345 e. The first-order chi connectivity index (χ1) is 15.3. The van der Waals surface area contributed by atoms with Gasteiger partial charge >= 0.3 is 11.9 Å². The van der Waals surface area contributed by atoms with E-state index in [-0.39, 0.29) is 33.6 Å².